The maximum Gasteiger partial charge on any atom is 0.282 e. The standard InChI is InChI=1S/C25H19N3O6/c1-15-3-2-4-19(13-15)27-24(29)22(16-5-8-18(9-6-16)28(31)32)23(25(27)30)26-17-7-10-20-21(14-17)34-12-11-33-20/h2-10,13-14,26H,11-12H2,1H3. The Bertz CT molecular complexity index is 1360. The Balaban J connectivity index is 1.59. The summed E-state index contributed by atoms with van der Waals surface area (Å²) in [6.07, 6.45) is 0. The lowest BCUT2D eigenvalue weighted by molar-refractivity contribution is -0.384. The number of non-ortho nitro benzene ring substituents is 1. The lowest BCUT2D eigenvalue weighted by Gasteiger charge is -2.19. The Kier molecular flexibility index (Phi) is 5.21. The van der Waals surface area contributed by atoms with Gasteiger partial charge in [-0.15, -0.1) is 0 Å². The smallest absolute Gasteiger partial charge is 0.282 e. The van der Waals surface area contributed by atoms with E-state index >= 15 is 0 Å². The van der Waals surface area contributed by atoms with Crippen molar-refractivity contribution in [2.75, 3.05) is 23.4 Å². The van der Waals surface area contributed by atoms with Gasteiger partial charge >= 0.3 is 0 Å². The van der Waals surface area contributed by atoms with Crippen molar-refractivity contribution in [3.63, 3.8) is 0 Å². The number of fused-ring (bicyclic) bond motifs is 1. The van der Waals surface area contributed by atoms with Crippen LogP contribution in [0.5, 0.6) is 11.5 Å². The van der Waals surface area contributed by atoms with Gasteiger partial charge < -0.3 is 14.8 Å². The number of aryl methyl sites for hydroxylation is 1. The SMILES string of the molecule is Cc1cccc(N2C(=O)C(Nc3ccc4c(c3)OCCO4)=C(c3ccc([N+](=O)[O-])cc3)C2=O)c1. The van der Waals surface area contributed by atoms with Crippen molar-refractivity contribution >= 4 is 34.4 Å². The number of carbonyl (C=O) groups is 2. The number of hydrogen-bond donors (Lipinski definition) is 1. The Hall–Kier alpha value is -4.66. The summed E-state index contributed by atoms with van der Waals surface area (Å²) in [7, 11) is 0. The molecule has 3 aromatic rings. The molecule has 3 aromatic carbocycles. The van der Waals surface area contributed by atoms with Crippen LogP contribution in [0.25, 0.3) is 5.57 Å². The van der Waals surface area contributed by atoms with Gasteiger partial charge in [-0.25, -0.2) is 4.90 Å². The predicted molar refractivity (Wildman–Crippen MR) is 125 cm³/mol. The first-order valence-electron chi connectivity index (χ1n) is 10.5. The molecule has 2 aliphatic heterocycles. The minimum atomic E-state index is -0.529. The number of carbonyl (C=O) groups excluding carboxylic acids is 2. The summed E-state index contributed by atoms with van der Waals surface area (Å²) >= 11 is 0. The Morgan fingerprint density at radius 1 is 0.912 bits per heavy atom. The molecule has 0 spiro atoms. The summed E-state index contributed by atoms with van der Waals surface area (Å²) in [5.74, 6) is 0.0703. The number of ether oxygens (including phenoxy) is 2. The van der Waals surface area contributed by atoms with Crippen LogP contribution in [0.2, 0.25) is 0 Å². The molecule has 2 aliphatic rings. The molecule has 0 fully saturated rings. The molecule has 0 radical (unpaired) electrons. The molecule has 9 heteroatoms. The number of nitrogens with zero attached hydrogens (tertiary/aromatic N) is 2. The summed E-state index contributed by atoms with van der Waals surface area (Å²) in [5, 5.41) is 14.1. The molecule has 0 unspecified atom stereocenters. The molecule has 5 rings (SSSR count). The highest BCUT2D eigenvalue weighted by Crippen LogP contribution is 2.37. The molecule has 0 atom stereocenters. The predicted octanol–water partition coefficient (Wildman–Crippen LogP) is 4.07. The van der Waals surface area contributed by atoms with Crippen molar-refractivity contribution in [3.05, 3.63) is 93.7 Å². The van der Waals surface area contributed by atoms with Gasteiger partial charge in [-0.1, -0.05) is 12.1 Å². The van der Waals surface area contributed by atoms with Gasteiger partial charge in [0.25, 0.3) is 17.5 Å². The van der Waals surface area contributed by atoms with E-state index in [2.05, 4.69) is 5.32 Å². The summed E-state index contributed by atoms with van der Waals surface area (Å²) < 4.78 is 11.2. The summed E-state index contributed by atoms with van der Waals surface area (Å²) in [5.41, 5.74) is 2.33. The highest BCUT2D eigenvalue weighted by Gasteiger charge is 2.40. The first kappa shape index (κ1) is 21.2. The van der Waals surface area contributed by atoms with Gasteiger partial charge in [0.2, 0.25) is 0 Å². The molecular weight excluding hydrogens is 438 g/mol. The molecule has 0 bridgehead atoms. The van der Waals surface area contributed by atoms with Crippen molar-refractivity contribution in [3.8, 4) is 11.5 Å². The van der Waals surface area contributed by atoms with Crippen LogP contribution >= 0.6 is 0 Å². The van der Waals surface area contributed by atoms with E-state index in [0.717, 1.165) is 10.5 Å². The molecule has 2 heterocycles. The van der Waals surface area contributed by atoms with Gasteiger partial charge in [0.1, 0.15) is 18.9 Å². The zero-order valence-corrected chi connectivity index (χ0v) is 18.1. The second-order valence-electron chi connectivity index (χ2n) is 7.82. The fourth-order valence-electron chi connectivity index (χ4n) is 3.93. The van der Waals surface area contributed by atoms with Crippen LogP contribution in [0.4, 0.5) is 17.1 Å². The van der Waals surface area contributed by atoms with Crippen LogP contribution in [0.3, 0.4) is 0 Å². The summed E-state index contributed by atoms with van der Waals surface area (Å²) in [6.45, 7) is 2.73. The van der Waals surface area contributed by atoms with E-state index in [9.17, 15) is 19.7 Å². The normalized spacial score (nSPS) is 15.0. The minimum Gasteiger partial charge on any atom is -0.486 e. The van der Waals surface area contributed by atoms with Crippen molar-refractivity contribution < 1.29 is 24.0 Å². The Labute approximate surface area is 194 Å². The number of nitro groups is 1. The Morgan fingerprint density at radius 3 is 2.35 bits per heavy atom. The number of imide groups is 1. The molecule has 0 saturated carbocycles. The molecule has 0 saturated heterocycles. The maximum atomic E-state index is 13.5. The largest absolute Gasteiger partial charge is 0.486 e. The first-order chi connectivity index (χ1) is 16.4. The fraction of sp³-hybridized carbons (Fsp3) is 0.120. The topological polar surface area (TPSA) is 111 Å². The third kappa shape index (κ3) is 3.73. The average Bonchev–Trinajstić information content (AvgIpc) is 3.08. The van der Waals surface area contributed by atoms with E-state index in [1.807, 2.05) is 13.0 Å². The van der Waals surface area contributed by atoms with Crippen LogP contribution in [0.15, 0.2) is 72.4 Å². The number of rotatable bonds is 5. The molecule has 2 amide bonds. The Morgan fingerprint density at radius 2 is 1.65 bits per heavy atom. The van der Waals surface area contributed by atoms with E-state index < -0.39 is 16.7 Å². The third-order valence-corrected chi connectivity index (χ3v) is 5.52. The summed E-state index contributed by atoms with van der Waals surface area (Å²) in [4.78, 5) is 38.7. The van der Waals surface area contributed by atoms with Crippen molar-refractivity contribution in [2.24, 2.45) is 0 Å². The molecule has 1 N–H and O–H groups in total. The van der Waals surface area contributed by atoms with Crippen LogP contribution in [0.1, 0.15) is 11.1 Å². The monoisotopic (exact) mass is 457 g/mol. The van der Waals surface area contributed by atoms with Crippen molar-refractivity contribution in [1.29, 1.82) is 0 Å². The lowest BCUT2D eigenvalue weighted by atomic mass is 10.0. The highest BCUT2D eigenvalue weighted by molar-refractivity contribution is 6.46. The first-order valence-corrected chi connectivity index (χ1v) is 10.5. The number of nitrogens with one attached hydrogen (secondary N) is 1. The van der Waals surface area contributed by atoms with Gasteiger partial charge in [-0.3, -0.25) is 19.7 Å². The zero-order chi connectivity index (χ0) is 23.8. The third-order valence-electron chi connectivity index (χ3n) is 5.52. The second kappa shape index (κ2) is 8.36. The van der Waals surface area contributed by atoms with E-state index in [0.29, 0.717) is 41.7 Å². The fourth-order valence-corrected chi connectivity index (χ4v) is 3.93. The number of hydrogen-bond acceptors (Lipinski definition) is 7. The maximum absolute atomic E-state index is 13.5. The van der Waals surface area contributed by atoms with Crippen LogP contribution in [-0.4, -0.2) is 30.0 Å². The van der Waals surface area contributed by atoms with Gasteiger partial charge in [-0.05, 0) is 54.4 Å². The van der Waals surface area contributed by atoms with Gasteiger partial charge in [0.05, 0.1) is 16.2 Å². The molecule has 0 aromatic heterocycles. The van der Waals surface area contributed by atoms with Gasteiger partial charge in [-0.2, -0.15) is 0 Å². The lowest BCUT2D eigenvalue weighted by Crippen LogP contribution is -2.32. The molecule has 0 aliphatic carbocycles. The molecule has 34 heavy (non-hydrogen) atoms. The van der Waals surface area contributed by atoms with Gasteiger partial charge in [0.15, 0.2) is 11.5 Å². The van der Waals surface area contributed by atoms with Crippen LogP contribution in [-0.2, 0) is 9.59 Å². The number of nitro benzene ring substituents is 1. The molecular formula is C25H19N3O6. The summed E-state index contributed by atoms with van der Waals surface area (Å²) in [6, 6.07) is 17.7. The number of anilines is 2. The average molecular weight is 457 g/mol. The van der Waals surface area contributed by atoms with Crippen molar-refractivity contribution in [1.82, 2.24) is 0 Å². The molecule has 9 nitrogen and oxygen atoms in total. The zero-order valence-electron chi connectivity index (χ0n) is 18.1. The van der Waals surface area contributed by atoms with E-state index in [-0.39, 0.29) is 17.0 Å². The van der Waals surface area contributed by atoms with Crippen LogP contribution < -0.4 is 19.7 Å². The number of benzene rings is 3. The molecule has 170 valence electrons. The van der Waals surface area contributed by atoms with Crippen molar-refractivity contribution in [2.45, 2.75) is 6.92 Å². The second-order valence-corrected chi connectivity index (χ2v) is 7.82. The quantitative estimate of drug-likeness (QED) is 0.349. The minimum absolute atomic E-state index is 0.0667. The highest BCUT2D eigenvalue weighted by atomic mass is 16.6. The van der Waals surface area contributed by atoms with Crippen LogP contribution in [0, 0.1) is 17.0 Å². The van der Waals surface area contributed by atoms with E-state index in [1.54, 1.807) is 36.4 Å². The number of amides is 2. The van der Waals surface area contributed by atoms with E-state index in [1.165, 1.54) is 24.3 Å². The van der Waals surface area contributed by atoms with Gasteiger partial charge in [0, 0.05) is 23.9 Å². The van der Waals surface area contributed by atoms with E-state index in [4.69, 9.17) is 9.47 Å².